The van der Waals surface area contributed by atoms with Gasteiger partial charge in [0.2, 0.25) is 0 Å². The summed E-state index contributed by atoms with van der Waals surface area (Å²) in [6, 6.07) is 3.99. The lowest BCUT2D eigenvalue weighted by atomic mass is 10.1. The zero-order chi connectivity index (χ0) is 12.8. The number of rotatable bonds is 5. The Balaban J connectivity index is 2.55. The first-order valence-electron chi connectivity index (χ1n) is 5.40. The zero-order valence-corrected chi connectivity index (χ0v) is 10.8. The summed E-state index contributed by atoms with van der Waals surface area (Å²) in [6.07, 6.45) is 2.88. The van der Waals surface area contributed by atoms with Crippen LogP contribution in [0.4, 0.5) is 10.1 Å². The molecular formula is C12H17FN2OS. The Bertz CT molecular complexity index is 398. The molecule has 1 aromatic rings. The van der Waals surface area contributed by atoms with Crippen molar-refractivity contribution < 1.29 is 9.18 Å². The number of anilines is 1. The molecule has 1 amide bonds. The second-order valence-electron chi connectivity index (χ2n) is 3.83. The number of carbonyl (C=O) groups is 1. The smallest absolute Gasteiger partial charge is 0.254 e. The van der Waals surface area contributed by atoms with Crippen LogP contribution in [0, 0.1) is 5.82 Å². The molecule has 94 valence electrons. The molecular weight excluding hydrogens is 239 g/mol. The fraction of sp³-hybridized carbons (Fsp3) is 0.417. The number of carbonyl (C=O) groups excluding carboxylic acids is 1. The highest BCUT2D eigenvalue weighted by Gasteiger charge is 2.11. The lowest BCUT2D eigenvalue weighted by Gasteiger charge is -2.09. The Hall–Kier alpha value is -1.23. The molecule has 1 rings (SSSR count). The normalized spacial score (nSPS) is 12.2. The molecule has 3 nitrogen and oxygen atoms in total. The summed E-state index contributed by atoms with van der Waals surface area (Å²) >= 11 is 1.73. The number of benzene rings is 1. The van der Waals surface area contributed by atoms with E-state index < -0.39 is 11.7 Å². The van der Waals surface area contributed by atoms with Crippen molar-refractivity contribution in [3.8, 4) is 0 Å². The van der Waals surface area contributed by atoms with Crippen LogP contribution in [0.15, 0.2) is 18.2 Å². The first-order chi connectivity index (χ1) is 8.04. The van der Waals surface area contributed by atoms with Crippen LogP contribution in [0.25, 0.3) is 0 Å². The van der Waals surface area contributed by atoms with Crippen molar-refractivity contribution in [2.45, 2.75) is 18.6 Å². The summed E-state index contributed by atoms with van der Waals surface area (Å²) in [5, 5.41) is 3.16. The van der Waals surface area contributed by atoms with E-state index in [4.69, 9.17) is 5.73 Å². The average Bonchev–Trinajstić information content (AvgIpc) is 2.31. The van der Waals surface area contributed by atoms with E-state index in [-0.39, 0.29) is 5.56 Å². The molecule has 0 fully saturated rings. The van der Waals surface area contributed by atoms with E-state index in [1.54, 1.807) is 11.8 Å². The van der Waals surface area contributed by atoms with E-state index >= 15 is 0 Å². The van der Waals surface area contributed by atoms with Crippen molar-refractivity contribution >= 4 is 23.4 Å². The highest BCUT2D eigenvalue weighted by molar-refractivity contribution is 7.99. The summed E-state index contributed by atoms with van der Waals surface area (Å²) in [5.41, 5.74) is 5.90. The fourth-order valence-electron chi connectivity index (χ4n) is 1.32. The van der Waals surface area contributed by atoms with Crippen LogP contribution in [-0.2, 0) is 0 Å². The second kappa shape index (κ2) is 6.49. The number of nitrogens with one attached hydrogen (secondary N) is 1. The predicted octanol–water partition coefficient (Wildman–Crippen LogP) is 2.28. The first-order valence-corrected chi connectivity index (χ1v) is 6.69. The van der Waals surface area contributed by atoms with E-state index in [9.17, 15) is 9.18 Å². The topological polar surface area (TPSA) is 55.1 Å². The number of hydrogen-bond donors (Lipinski definition) is 2. The van der Waals surface area contributed by atoms with E-state index in [1.807, 2.05) is 6.26 Å². The highest BCUT2D eigenvalue weighted by atomic mass is 32.2. The van der Waals surface area contributed by atoms with Crippen molar-refractivity contribution in [3.05, 3.63) is 29.6 Å². The molecule has 0 spiro atoms. The Kier molecular flexibility index (Phi) is 5.28. The average molecular weight is 256 g/mol. The van der Waals surface area contributed by atoms with Gasteiger partial charge in [-0.05, 0) is 30.9 Å². The largest absolute Gasteiger partial charge is 0.399 e. The molecule has 0 radical (unpaired) electrons. The Morgan fingerprint density at radius 1 is 1.59 bits per heavy atom. The first kappa shape index (κ1) is 13.8. The van der Waals surface area contributed by atoms with Gasteiger partial charge in [-0.25, -0.2) is 4.39 Å². The van der Waals surface area contributed by atoms with Crippen molar-refractivity contribution in [2.75, 3.05) is 18.5 Å². The number of nitrogen functional groups attached to an aromatic ring is 1. The van der Waals surface area contributed by atoms with Crippen LogP contribution in [0.5, 0.6) is 0 Å². The molecule has 1 aromatic carbocycles. The molecule has 0 saturated heterocycles. The molecule has 0 bridgehead atoms. The van der Waals surface area contributed by atoms with E-state index in [0.29, 0.717) is 17.5 Å². The van der Waals surface area contributed by atoms with Crippen molar-refractivity contribution in [2.24, 2.45) is 0 Å². The lowest BCUT2D eigenvalue weighted by molar-refractivity contribution is 0.0949. The van der Waals surface area contributed by atoms with Crippen molar-refractivity contribution in [1.29, 1.82) is 0 Å². The lowest BCUT2D eigenvalue weighted by Crippen LogP contribution is -2.26. The van der Waals surface area contributed by atoms with Crippen molar-refractivity contribution in [1.82, 2.24) is 5.32 Å². The quantitative estimate of drug-likeness (QED) is 0.795. The maximum Gasteiger partial charge on any atom is 0.254 e. The summed E-state index contributed by atoms with van der Waals surface area (Å²) in [6.45, 7) is 2.62. The molecule has 0 saturated carbocycles. The Morgan fingerprint density at radius 2 is 2.29 bits per heavy atom. The Morgan fingerprint density at radius 3 is 2.94 bits per heavy atom. The maximum atomic E-state index is 13.4. The summed E-state index contributed by atoms with van der Waals surface area (Å²) < 4.78 is 13.4. The standard InChI is InChI=1S/C12H17FN2OS/c1-8(17-2)5-6-15-12(16)10-7-9(14)3-4-11(10)13/h3-4,7-8H,5-6,14H2,1-2H3,(H,15,16). The minimum Gasteiger partial charge on any atom is -0.399 e. The number of halogens is 1. The molecule has 0 heterocycles. The molecule has 0 aliphatic heterocycles. The van der Waals surface area contributed by atoms with Crippen LogP contribution in [0.3, 0.4) is 0 Å². The van der Waals surface area contributed by atoms with E-state index in [2.05, 4.69) is 12.2 Å². The third-order valence-electron chi connectivity index (χ3n) is 2.47. The van der Waals surface area contributed by atoms with E-state index in [0.717, 1.165) is 6.42 Å². The zero-order valence-electron chi connectivity index (χ0n) is 10.00. The van der Waals surface area contributed by atoms with Gasteiger partial charge >= 0.3 is 0 Å². The van der Waals surface area contributed by atoms with Gasteiger partial charge < -0.3 is 11.1 Å². The second-order valence-corrected chi connectivity index (χ2v) is 5.11. The molecule has 1 unspecified atom stereocenters. The summed E-state index contributed by atoms with van der Waals surface area (Å²) in [4.78, 5) is 11.7. The molecule has 0 aliphatic rings. The van der Waals surface area contributed by atoms with Gasteiger partial charge in [-0.2, -0.15) is 11.8 Å². The van der Waals surface area contributed by atoms with Gasteiger partial charge in [-0.3, -0.25) is 4.79 Å². The van der Waals surface area contributed by atoms with Gasteiger partial charge in [0.15, 0.2) is 0 Å². The van der Waals surface area contributed by atoms with Crippen LogP contribution in [-0.4, -0.2) is 24.0 Å². The minimum atomic E-state index is -0.547. The number of thioether (sulfide) groups is 1. The molecule has 17 heavy (non-hydrogen) atoms. The third-order valence-corrected chi connectivity index (χ3v) is 3.51. The maximum absolute atomic E-state index is 13.4. The van der Waals surface area contributed by atoms with Gasteiger partial charge in [-0.15, -0.1) is 0 Å². The van der Waals surface area contributed by atoms with E-state index in [1.165, 1.54) is 18.2 Å². The Labute approximate surface area is 105 Å². The SMILES string of the molecule is CSC(C)CCNC(=O)c1cc(N)ccc1F. The van der Waals surface area contributed by atoms with Gasteiger partial charge in [0, 0.05) is 17.5 Å². The summed E-state index contributed by atoms with van der Waals surface area (Å²) in [5.74, 6) is -0.960. The van der Waals surface area contributed by atoms with Crippen LogP contribution in [0.2, 0.25) is 0 Å². The number of hydrogen-bond acceptors (Lipinski definition) is 3. The fourth-order valence-corrected chi connectivity index (χ4v) is 1.67. The molecule has 5 heteroatoms. The van der Waals surface area contributed by atoms with Gasteiger partial charge in [0.25, 0.3) is 5.91 Å². The number of nitrogens with two attached hydrogens (primary N) is 1. The molecule has 1 atom stereocenters. The minimum absolute atomic E-state index is 0.00167. The monoisotopic (exact) mass is 256 g/mol. The van der Waals surface area contributed by atoms with Gasteiger partial charge in [0.05, 0.1) is 5.56 Å². The van der Waals surface area contributed by atoms with Crippen LogP contribution in [0.1, 0.15) is 23.7 Å². The molecule has 0 aliphatic carbocycles. The van der Waals surface area contributed by atoms with Crippen molar-refractivity contribution in [3.63, 3.8) is 0 Å². The molecule has 3 N–H and O–H groups in total. The third kappa shape index (κ3) is 4.26. The number of amides is 1. The highest BCUT2D eigenvalue weighted by Crippen LogP contribution is 2.12. The van der Waals surface area contributed by atoms with Crippen LogP contribution < -0.4 is 11.1 Å². The van der Waals surface area contributed by atoms with Crippen LogP contribution >= 0.6 is 11.8 Å². The predicted molar refractivity (Wildman–Crippen MR) is 70.7 cm³/mol. The van der Waals surface area contributed by atoms with Gasteiger partial charge in [-0.1, -0.05) is 6.92 Å². The molecule has 0 aromatic heterocycles. The summed E-state index contributed by atoms with van der Waals surface area (Å²) in [7, 11) is 0. The van der Waals surface area contributed by atoms with Gasteiger partial charge in [0.1, 0.15) is 5.82 Å².